The van der Waals surface area contributed by atoms with Crippen LogP contribution in [0, 0.1) is 11.6 Å². The van der Waals surface area contributed by atoms with Crippen LogP contribution in [0.25, 0.3) is 10.2 Å². The molecule has 3 aromatic rings. The Bertz CT molecular complexity index is 717. The minimum Gasteiger partial charge on any atom is -0.327 e. The molecule has 0 spiro atoms. The van der Waals surface area contributed by atoms with Crippen LogP contribution in [-0.4, -0.2) is 11.0 Å². The maximum absolute atomic E-state index is 13.2. The van der Waals surface area contributed by atoms with Gasteiger partial charge in [-0.25, -0.2) is 13.8 Å². The molecule has 2 aromatic carbocycles. The monoisotopic (exact) mass is 304 g/mol. The summed E-state index contributed by atoms with van der Waals surface area (Å²) in [6, 6.07) is 11.2. The van der Waals surface area contributed by atoms with Crippen LogP contribution in [0.5, 0.6) is 0 Å². The molecule has 2 nitrogen and oxygen atoms in total. The molecular weight excluding hydrogens is 290 g/mol. The highest BCUT2D eigenvalue weighted by Crippen LogP contribution is 2.22. The highest BCUT2D eigenvalue weighted by molar-refractivity contribution is 7.18. The summed E-state index contributed by atoms with van der Waals surface area (Å²) in [6.45, 7) is 0. The number of aromatic nitrogens is 1. The average Bonchev–Trinajstić information content (AvgIpc) is 2.78. The van der Waals surface area contributed by atoms with Gasteiger partial charge < -0.3 is 5.73 Å². The van der Waals surface area contributed by atoms with E-state index in [4.69, 9.17) is 5.73 Å². The molecule has 0 bridgehead atoms. The molecule has 0 radical (unpaired) electrons. The summed E-state index contributed by atoms with van der Waals surface area (Å²) in [4.78, 5) is 4.52. The highest BCUT2D eigenvalue weighted by Gasteiger charge is 2.11. The first kappa shape index (κ1) is 14.1. The van der Waals surface area contributed by atoms with Gasteiger partial charge in [0.2, 0.25) is 0 Å². The Morgan fingerprint density at radius 1 is 1.05 bits per heavy atom. The molecule has 1 heterocycles. The van der Waals surface area contributed by atoms with Crippen molar-refractivity contribution in [3.05, 3.63) is 64.7 Å². The second-order valence-electron chi connectivity index (χ2n) is 5.02. The number of fused-ring (bicyclic) bond motifs is 1. The number of para-hydroxylation sites is 1. The number of hydrogen-bond acceptors (Lipinski definition) is 3. The van der Waals surface area contributed by atoms with Crippen LogP contribution in [0.1, 0.15) is 10.6 Å². The zero-order valence-corrected chi connectivity index (χ0v) is 12.0. The van der Waals surface area contributed by atoms with Crippen molar-refractivity contribution in [3.63, 3.8) is 0 Å². The van der Waals surface area contributed by atoms with Gasteiger partial charge in [-0.3, -0.25) is 0 Å². The van der Waals surface area contributed by atoms with Gasteiger partial charge in [-0.15, -0.1) is 11.3 Å². The first-order valence-electron chi connectivity index (χ1n) is 6.65. The van der Waals surface area contributed by atoms with E-state index in [1.54, 1.807) is 11.3 Å². The fourth-order valence-electron chi connectivity index (χ4n) is 2.34. The van der Waals surface area contributed by atoms with Gasteiger partial charge in [-0.05, 0) is 36.2 Å². The standard InChI is InChI=1S/C16H14F2N2S/c17-11-5-10(6-12(18)8-11)7-13(19)9-16-20-14-3-1-2-4-15(14)21-16/h1-6,8,13H,7,9,19H2. The summed E-state index contributed by atoms with van der Waals surface area (Å²) in [5.41, 5.74) is 7.61. The first-order chi connectivity index (χ1) is 10.1. The van der Waals surface area contributed by atoms with Crippen molar-refractivity contribution >= 4 is 21.6 Å². The molecular formula is C16H14F2N2S. The van der Waals surface area contributed by atoms with Crippen LogP contribution in [-0.2, 0) is 12.8 Å². The van der Waals surface area contributed by atoms with E-state index in [1.165, 1.54) is 12.1 Å². The number of hydrogen-bond donors (Lipinski definition) is 1. The Labute approximate surface area is 125 Å². The molecule has 0 amide bonds. The van der Waals surface area contributed by atoms with E-state index in [9.17, 15) is 8.78 Å². The van der Waals surface area contributed by atoms with E-state index >= 15 is 0 Å². The van der Waals surface area contributed by atoms with Crippen molar-refractivity contribution in [1.29, 1.82) is 0 Å². The van der Waals surface area contributed by atoms with Gasteiger partial charge in [0.15, 0.2) is 0 Å². The van der Waals surface area contributed by atoms with Crippen LogP contribution < -0.4 is 5.73 Å². The minimum atomic E-state index is -0.572. The summed E-state index contributed by atoms with van der Waals surface area (Å²) >= 11 is 1.60. The van der Waals surface area contributed by atoms with E-state index < -0.39 is 11.6 Å². The molecule has 1 atom stereocenters. The maximum atomic E-state index is 13.2. The second-order valence-corrected chi connectivity index (χ2v) is 6.14. The lowest BCUT2D eigenvalue weighted by molar-refractivity contribution is 0.574. The molecule has 0 saturated carbocycles. The van der Waals surface area contributed by atoms with Crippen LogP contribution in [0.15, 0.2) is 42.5 Å². The van der Waals surface area contributed by atoms with E-state index in [1.807, 2.05) is 24.3 Å². The lowest BCUT2D eigenvalue weighted by Crippen LogP contribution is -2.25. The Kier molecular flexibility index (Phi) is 3.94. The van der Waals surface area contributed by atoms with Crippen molar-refractivity contribution in [2.45, 2.75) is 18.9 Å². The van der Waals surface area contributed by atoms with E-state index in [0.717, 1.165) is 21.3 Å². The van der Waals surface area contributed by atoms with Crippen molar-refractivity contribution in [1.82, 2.24) is 4.98 Å². The third-order valence-corrected chi connectivity index (χ3v) is 4.25. The molecule has 0 aliphatic rings. The summed E-state index contributed by atoms with van der Waals surface area (Å²) in [5.74, 6) is -1.14. The van der Waals surface area contributed by atoms with Gasteiger partial charge in [-0.2, -0.15) is 0 Å². The summed E-state index contributed by atoms with van der Waals surface area (Å²) in [6.07, 6.45) is 1.02. The summed E-state index contributed by atoms with van der Waals surface area (Å²) in [5, 5.41) is 0.945. The Hall–Kier alpha value is -1.85. The van der Waals surface area contributed by atoms with E-state index in [2.05, 4.69) is 4.98 Å². The fraction of sp³-hybridized carbons (Fsp3) is 0.188. The quantitative estimate of drug-likeness (QED) is 0.798. The predicted octanol–water partition coefficient (Wildman–Crippen LogP) is 3.69. The van der Waals surface area contributed by atoms with Gasteiger partial charge in [-0.1, -0.05) is 12.1 Å². The molecule has 5 heteroatoms. The lowest BCUT2D eigenvalue weighted by Gasteiger charge is -2.10. The Balaban J connectivity index is 1.72. The van der Waals surface area contributed by atoms with Crippen molar-refractivity contribution in [3.8, 4) is 0 Å². The second kappa shape index (κ2) is 5.87. The van der Waals surface area contributed by atoms with Crippen molar-refractivity contribution in [2.24, 2.45) is 5.73 Å². The first-order valence-corrected chi connectivity index (χ1v) is 7.47. The Morgan fingerprint density at radius 3 is 2.48 bits per heavy atom. The molecule has 108 valence electrons. The molecule has 0 aliphatic heterocycles. The predicted molar refractivity (Wildman–Crippen MR) is 81.4 cm³/mol. The largest absolute Gasteiger partial charge is 0.327 e. The normalized spacial score (nSPS) is 12.7. The minimum absolute atomic E-state index is 0.216. The third-order valence-electron chi connectivity index (χ3n) is 3.20. The topological polar surface area (TPSA) is 38.9 Å². The number of nitrogens with two attached hydrogens (primary N) is 1. The molecule has 2 N–H and O–H groups in total. The summed E-state index contributed by atoms with van der Waals surface area (Å²) in [7, 11) is 0. The van der Waals surface area contributed by atoms with Crippen LogP contribution in [0.4, 0.5) is 8.78 Å². The van der Waals surface area contributed by atoms with Crippen LogP contribution >= 0.6 is 11.3 Å². The van der Waals surface area contributed by atoms with Crippen molar-refractivity contribution < 1.29 is 8.78 Å². The third kappa shape index (κ3) is 3.43. The molecule has 0 saturated heterocycles. The number of nitrogens with zero attached hydrogens (tertiary/aromatic N) is 1. The fourth-order valence-corrected chi connectivity index (χ4v) is 3.40. The number of thiazole rings is 1. The zero-order chi connectivity index (χ0) is 14.8. The lowest BCUT2D eigenvalue weighted by atomic mass is 10.0. The van der Waals surface area contributed by atoms with Gasteiger partial charge in [0.05, 0.1) is 15.2 Å². The smallest absolute Gasteiger partial charge is 0.126 e. The molecule has 3 rings (SSSR count). The summed E-state index contributed by atoms with van der Waals surface area (Å²) < 4.78 is 27.4. The number of rotatable bonds is 4. The zero-order valence-electron chi connectivity index (χ0n) is 11.2. The number of benzene rings is 2. The SMILES string of the molecule is NC(Cc1cc(F)cc(F)c1)Cc1nc2ccccc2s1. The Morgan fingerprint density at radius 2 is 1.76 bits per heavy atom. The molecule has 1 aromatic heterocycles. The van der Waals surface area contributed by atoms with Crippen molar-refractivity contribution in [2.75, 3.05) is 0 Å². The van der Waals surface area contributed by atoms with E-state index in [0.29, 0.717) is 18.4 Å². The molecule has 21 heavy (non-hydrogen) atoms. The van der Waals surface area contributed by atoms with E-state index in [-0.39, 0.29) is 6.04 Å². The molecule has 1 unspecified atom stereocenters. The molecule has 0 aliphatic carbocycles. The van der Waals surface area contributed by atoms with Crippen LogP contribution in [0.3, 0.4) is 0 Å². The highest BCUT2D eigenvalue weighted by atomic mass is 32.1. The van der Waals surface area contributed by atoms with Crippen LogP contribution in [0.2, 0.25) is 0 Å². The molecule has 0 fully saturated rings. The number of halogens is 2. The van der Waals surface area contributed by atoms with Gasteiger partial charge in [0, 0.05) is 18.5 Å². The van der Waals surface area contributed by atoms with Gasteiger partial charge in [0.25, 0.3) is 0 Å². The average molecular weight is 304 g/mol. The maximum Gasteiger partial charge on any atom is 0.126 e. The van der Waals surface area contributed by atoms with Gasteiger partial charge >= 0.3 is 0 Å². The van der Waals surface area contributed by atoms with Gasteiger partial charge in [0.1, 0.15) is 11.6 Å².